The number of carbonyl (C=O) groups excluding carboxylic acids is 2. The highest BCUT2D eigenvalue weighted by Gasteiger charge is 2.40. The molecule has 0 saturated carbocycles. The highest BCUT2D eigenvalue weighted by atomic mass is 79.9. The smallest absolute Gasteiger partial charge is 0.246 e. The summed E-state index contributed by atoms with van der Waals surface area (Å²) < 4.78 is 0.991. The molecule has 0 unspecified atom stereocenters. The van der Waals surface area contributed by atoms with E-state index in [4.69, 9.17) is 0 Å². The average Bonchev–Trinajstić information content (AvgIpc) is 2.26. The van der Waals surface area contributed by atoms with Gasteiger partial charge < -0.3 is 0 Å². The molecule has 1 fully saturated rings. The number of amides is 2. The van der Waals surface area contributed by atoms with Crippen LogP contribution in [0, 0.1) is 0 Å². The monoisotopic (exact) mass is 310 g/mol. The lowest BCUT2D eigenvalue weighted by molar-refractivity contribution is -0.145. The van der Waals surface area contributed by atoms with Gasteiger partial charge in [-0.25, -0.2) is 0 Å². The maximum Gasteiger partial charge on any atom is 0.246 e. The fourth-order valence-electron chi connectivity index (χ4n) is 1.94. The number of piperazine rings is 1. The Bertz CT molecular complexity index is 500. The molecule has 0 radical (unpaired) electrons. The summed E-state index contributed by atoms with van der Waals surface area (Å²) in [6.45, 7) is 4.47. The summed E-state index contributed by atoms with van der Waals surface area (Å²) >= 11 is 3.41. The Balaban J connectivity index is 2.21. The van der Waals surface area contributed by atoms with Gasteiger partial charge in [0.2, 0.25) is 11.8 Å². The van der Waals surface area contributed by atoms with E-state index in [-0.39, 0.29) is 18.4 Å². The van der Waals surface area contributed by atoms with Crippen LogP contribution in [0.15, 0.2) is 28.7 Å². The van der Waals surface area contributed by atoms with Gasteiger partial charge >= 0.3 is 0 Å². The first kappa shape index (κ1) is 13.2. The van der Waals surface area contributed by atoms with Crippen molar-refractivity contribution in [3.63, 3.8) is 0 Å². The first-order valence-corrected chi connectivity index (χ1v) is 6.52. The SMILES string of the molecule is CC1(C)C(=O)NC(=O)CN1Cc1cccc(Br)c1. The van der Waals surface area contributed by atoms with E-state index in [1.54, 1.807) is 0 Å². The topological polar surface area (TPSA) is 49.4 Å². The highest BCUT2D eigenvalue weighted by Crippen LogP contribution is 2.22. The molecule has 1 saturated heterocycles. The first-order chi connectivity index (χ1) is 8.39. The van der Waals surface area contributed by atoms with Crippen molar-refractivity contribution >= 4 is 27.7 Å². The van der Waals surface area contributed by atoms with Crippen LogP contribution in [0.2, 0.25) is 0 Å². The van der Waals surface area contributed by atoms with Crippen LogP contribution < -0.4 is 5.32 Å². The maximum atomic E-state index is 11.8. The fraction of sp³-hybridized carbons (Fsp3) is 0.385. The van der Waals surface area contributed by atoms with Gasteiger partial charge in [-0.05, 0) is 31.5 Å². The van der Waals surface area contributed by atoms with Gasteiger partial charge in [0.25, 0.3) is 0 Å². The number of imide groups is 1. The lowest BCUT2D eigenvalue weighted by atomic mass is 9.98. The molecule has 0 atom stereocenters. The van der Waals surface area contributed by atoms with Crippen LogP contribution in [0.4, 0.5) is 0 Å². The average molecular weight is 311 g/mol. The van der Waals surface area contributed by atoms with Crippen molar-refractivity contribution in [1.82, 2.24) is 10.2 Å². The van der Waals surface area contributed by atoms with Crippen molar-refractivity contribution in [2.24, 2.45) is 0 Å². The summed E-state index contributed by atoms with van der Waals surface area (Å²) in [7, 11) is 0. The number of nitrogens with one attached hydrogen (secondary N) is 1. The summed E-state index contributed by atoms with van der Waals surface area (Å²) in [5, 5.41) is 2.37. The third-order valence-corrected chi connectivity index (χ3v) is 3.69. The van der Waals surface area contributed by atoms with Crippen molar-refractivity contribution in [2.75, 3.05) is 6.54 Å². The van der Waals surface area contributed by atoms with Crippen LogP contribution >= 0.6 is 15.9 Å². The number of nitrogens with zero attached hydrogens (tertiary/aromatic N) is 1. The summed E-state index contributed by atoms with van der Waals surface area (Å²) in [4.78, 5) is 25.1. The Hall–Kier alpha value is -1.20. The molecule has 1 aromatic carbocycles. The Morgan fingerprint density at radius 2 is 2.11 bits per heavy atom. The maximum absolute atomic E-state index is 11.8. The molecule has 1 aliphatic heterocycles. The van der Waals surface area contributed by atoms with Crippen LogP contribution in [-0.4, -0.2) is 28.8 Å². The van der Waals surface area contributed by atoms with Crippen LogP contribution in [0.1, 0.15) is 19.4 Å². The number of hydrogen-bond acceptors (Lipinski definition) is 3. The Labute approximate surface area is 114 Å². The molecule has 0 aromatic heterocycles. The van der Waals surface area contributed by atoms with E-state index in [1.165, 1.54) is 0 Å². The zero-order valence-corrected chi connectivity index (χ0v) is 12.0. The molecular formula is C13H15BrN2O2. The van der Waals surface area contributed by atoms with E-state index < -0.39 is 5.54 Å². The highest BCUT2D eigenvalue weighted by molar-refractivity contribution is 9.10. The van der Waals surface area contributed by atoms with Crippen molar-refractivity contribution in [3.05, 3.63) is 34.3 Å². The van der Waals surface area contributed by atoms with E-state index in [2.05, 4.69) is 21.2 Å². The number of rotatable bonds is 2. The number of benzene rings is 1. The number of carbonyl (C=O) groups is 2. The summed E-state index contributed by atoms with van der Waals surface area (Å²) in [6, 6.07) is 7.87. The quantitative estimate of drug-likeness (QED) is 0.846. The lowest BCUT2D eigenvalue weighted by Crippen LogP contribution is -2.63. The molecule has 96 valence electrons. The fourth-order valence-corrected chi connectivity index (χ4v) is 2.39. The molecular weight excluding hydrogens is 296 g/mol. The lowest BCUT2D eigenvalue weighted by Gasteiger charge is -2.40. The van der Waals surface area contributed by atoms with Crippen molar-refractivity contribution < 1.29 is 9.59 Å². The van der Waals surface area contributed by atoms with Crippen LogP contribution in [0.5, 0.6) is 0 Å². The molecule has 1 aliphatic rings. The van der Waals surface area contributed by atoms with Crippen molar-refractivity contribution in [1.29, 1.82) is 0 Å². The van der Waals surface area contributed by atoms with Crippen LogP contribution in [-0.2, 0) is 16.1 Å². The van der Waals surface area contributed by atoms with Gasteiger partial charge in [-0.2, -0.15) is 0 Å². The Morgan fingerprint density at radius 3 is 2.78 bits per heavy atom. The largest absolute Gasteiger partial charge is 0.294 e. The number of halogens is 1. The van der Waals surface area contributed by atoms with Crippen molar-refractivity contribution in [3.8, 4) is 0 Å². The first-order valence-electron chi connectivity index (χ1n) is 5.73. The standard InChI is InChI=1S/C13H15BrN2O2/c1-13(2)12(18)15-11(17)8-16(13)7-9-4-3-5-10(14)6-9/h3-6H,7-8H2,1-2H3,(H,15,17,18). The normalized spacial score (nSPS) is 19.7. The second-order valence-electron chi connectivity index (χ2n) is 4.92. The van der Waals surface area contributed by atoms with Gasteiger partial charge in [-0.15, -0.1) is 0 Å². The molecule has 1 N–H and O–H groups in total. The zero-order valence-electron chi connectivity index (χ0n) is 10.4. The molecule has 2 rings (SSSR count). The number of hydrogen-bond donors (Lipinski definition) is 1. The van der Waals surface area contributed by atoms with Gasteiger partial charge in [-0.1, -0.05) is 28.1 Å². The van der Waals surface area contributed by atoms with E-state index in [0.29, 0.717) is 6.54 Å². The molecule has 0 aliphatic carbocycles. The molecule has 0 spiro atoms. The Kier molecular flexibility index (Phi) is 3.54. The predicted octanol–water partition coefficient (Wildman–Crippen LogP) is 1.69. The van der Waals surface area contributed by atoms with E-state index in [9.17, 15) is 9.59 Å². The van der Waals surface area contributed by atoms with Gasteiger partial charge in [-0.3, -0.25) is 19.8 Å². The molecule has 5 heteroatoms. The van der Waals surface area contributed by atoms with Gasteiger partial charge in [0, 0.05) is 11.0 Å². The molecule has 1 heterocycles. The summed E-state index contributed by atoms with van der Waals surface area (Å²) in [5.41, 5.74) is 0.399. The Morgan fingerprint density at radius 1 is 1.39 bits per heavy atom. The van der Waals surface area contributed by atoms with Crippen LogP contribution in [0.3, 0.4) is 0 Å². The summed E-state index contributed by atoms with van der Waals surface area (Å²) in [6.07, 6.45) is 0. The third kappa shape index (κ3) is 2.62. The molecule has 1 aromatic rings. The molecule has 0 bridgehead atoms. The van der Waals surface area contributed by atoms with Gasteiger partial charge in [0.15, 0.2) is 0 Å². The predicted molar refractivity (Wildman–Crippen MR) is 71.8 cm³/mol. The van der Waals surface area contributed by atoms with Gasteiger partial charge in [0.05, 0.1) is 12.1 Å². The summed E-state index contributed by atoms with van der Waals surface area (Å²) in [5.74, 6) is -0.483. The molecule has 18 heavy (non-hydrogen) atoms. The molecule has 4 nitrogen and oxygen atoms in total. The van der Waals surface area contributed by atoms with E-state index in [0.717, 1.165) is 10.0 Å². The van der Waals surface area contributed by atoms with Crippen LogP contribution in [0.25, 0.3) is 0 Å². The second-order valence-corrected chi connectivity index (χ2v) is 5.84. The minimum Gasteiger partial charge on any atom is -0.294 e. The molecule has 2 amide bonds. The minimum absolute atomic E-state index is 0.241. The third-order valence-electron chi connectivity index (χ3n) is 3.20. The van der Waals surface area contributed by atoms with Crippen molar-refractivity contribution in [2.45, 2.75) is 25.9 Å². The zero-order chi connectivity index (χ0) is 13.3. The second kappa shape index (κ2) is 4.82. The minimum atomic E-state index is -0.670. The van der Waals surface area contributed by atoms with E-state index in [1.807, 2.05) is 43.0 Å². The van der Waals surface area contributed by atoms with Gasteiger partial charge in [0.1, 0.15) is 0 Å². The van der Waals surface area contributed by atoms with E-state index >= 15 is 0 Å².